The largest absolute Gasteiger partial charge is 0.352 e. The molecule has 2 aromatic rings. The van der Waals surface area contributed by atoms with Crippen LogP contribution in [-0.4, -0.2) is 50.0 Å². The third kappa shape index (κ3) is 8.12. The number of nitrogens with one attached hydrogen (secondary N) is 1. The number of hydrogen-bond donors (Lipinski definition) is 1. The Morgan fingerprint density at radius 3 is 2.14 bits per heavy atom. The van der Waals surface area contributed by atoms with Gasteiger partial charge in [0.05, 0.1) is 11.9 Å². The number of benzene rings is 2. The first-order chi connectivity index (χ1) is 16.4. The van der Waals surface area contributed by atoms with E-state index >= 15 is 0 Å². The van der Waals surface area contributed by atoms with Crippen LogP contribution in [0, 0.1) is 6.92 Å². The number of carbonyl (C=O) groups excluding carboxylic acids is 2. The molecule has 2 aromatic carbocycles. The zero-order chi connectivity index (χ0) is 26.3. The van der Waals surface area contributed by atoms with Crippen LogP contribution in [0.3, 0.4) is 0 Å². The lowest BCUT2D eigenvalue weighted by Crippen LogP contribution is -2.53. The Kier molecular flexibility index (Phi) is 10.4. The maximum Gasteiger partial charge on any atom is 0.244 e. The summed E-state index contributed by atoms with van der Waals surface area (Å²) in [6.07, 6.45) is 2.14. The predicted octanol–water partition coefficient (Wildman–Crippen LogP) is 4.79. The number of aryl methyl sites for hydroxylation is 1. The van der Waals surface area contributed by atoms with Gasteiger partial charge in [-0.05, 0) is 62.1 Å². The molecule has 0 heterocycles. The van der Waals surface area contributed by atoms with E-state index in [4.69, 9.17) is 23.2 Å². The van der Waals surface area contributed by atoms with Crippen LogP contribution in [0.25, 0.3) is 0 Å². The van der Waals surface area contributed by atoms with Gasteiger partial charge in [0, 0.05) is 22.6 Å². The number of carbonyl (C=O) groups is 2. The van der Waals surface area contributed by atoms with Crippen LogP contribution in [0.5, 0.6) is 0 Å². The molecule has 2 rings (SSSR count). The Bertz CT molecular complexity index is 1140. The van der Waals surface area contributed by atoms with Crippen molar-refractivity contribution in [3.05, 3.63) is 63.6 Å². The van der Waals surface area contributed by atoms with Crippen LogP contribution in [-0.2, 0) is 26.2 Å². The summed E-state index contributed by atoms with van der Waals surface area (Å²) in [4.78, 5) is 28.2. The SMILES string of the molecule is CC[C@@H](C)NC(=O)[C@@H](CC)N(Cc1ccc(Cl)cc1)C(=O)CN(c1cc(Cl)ccc1C)S(C)(=O)=O. The first-order valence-electron chi connectivity index (χ1n) is 11.5. The monoisotopic (exact) mass is 541 g/mol. The van der Waals surface area contributed by atoms with E-state index in [0.717, 1.165) is 22.5 Å². The lowest BCUT2D eigenvalue weighted by molar-refractivity contribution is -0.140. The number of hydrogen-bond acceptors (Lipinski definition) is 4. The lowest BCUT2D eigenvalue weighted by atomic mass is 10.1. The van der Waals surface area contributed by atoms with E-state index in [2.05, 4.69) is 5.32 Å². The van der Waals surface area contributed by atoms with Crippen molar-refractivity contribution in [1.29, 1.82) is 0 Å². The zero-order valence-electron chi connectivity index (χ0n) is 20.7. The summed E-state index contributed by atoms with van der Waals surface area (Å²) in [5, 5.41) is 3.84. The lowest BCUT2D eigenvalue weighted by Gasteiger charge is -2.33. The van der Waals surface area contributed by atoms with Gasteiger partial charge in [-0.1, -0.05) is 55.2 Å². The molecule has 0 aliphatic rings. The van der Waals surface area contributed by atoms with Crippen molar-refractivity contribution < 1.29 is 18.0 Å². The van der Waals surface area contributed by atoms with Gasteiger partial charge < -0.3 is 10.2 Å². The molecular weight excluding hydrogens is 509 g/mol. The van der Waals surface area contributed by atoms with Crippen molar-refractivity contribution in [2.75, 3.05) is 17.1 Å². The molecule has 0 aliphatic heterocycles. The molecule has 0 unspecified atom stereocenters. The molecule has 0 aromatic heterocycles. The van der Waals surface area contributed by atoms with Gasteiger partial charge in [0.2, 0.25) is 21.8 Å². The summed E-state index contributed by atoms with van der Waals surface area (Å²) in [6, 6.07) is 11.0. The fourth-order valence-corrected chi connectivity index (χ4v) is 4.78. The second-order valence-electron chi connectivity index (χ2n) is 8.59. The van der Waals surface area contributed by atoms with E-state index in [1.165, 1.54) is 11.0 Å². The van der Waals surface area contributed by atoms with E-state index < -0.39 is 28.5 Å². The number of anilines is 1. The molecule has 0 radical (unpaired) electrons. The molecule has 0 fully saturated rings. The zero-order valence-corrected chi connectivity index (χ0v) is 23.0. The molecule has 2 atom stereocenters. The van der Waals surface area contributed by atoms with Crippen LogP contribution in [0.1, 0.15) is 44.7 Å². The quantitative estimate of drug-likeness (QED) is 0.443. The van der Waals surface area contributed by atoms with Crippen LogP contribution < -0.4 is 9.62 Å². The number of sulfonamides is 1. The van der Waals surface area contributed by atoms with Gasteiger partial charge in [0.1, 0.15) is 12.6 Å². The highest BCUT2D eigenvalue weighted by molar-refractivity contribution is 7.92. The summed E-state index contributed by atoms with van der Waals surface area (Å²) >= 11 is 12.1. The van der Waals surface area contributed by atoms with Crippen LogP contribution in [0.2, 0.25) is 10.0 Å². The molecule has 1 N–H and O–H groups in total. The molecular formula is C25H33Cl2N3O4S. The second kappa shape index (κ2) is 12.6. The summed E-state index contributed by atoms with van der Waals surface area (Å²) in [5.74, 6) is -0.787. The summed E-state index contributed by atoms with van der Waals surface area (Å²) in [6.45, 7) is 7.06. The highest BCUT2D eigenvalue weighted by Crippen LogP contribution is 2.27. The number of halogens is 2. The van der Waals surface area contributed by atoms with Crippen molar-refractivity contribution in [1.82, 2.24) is 10.2 Å². The first-order valence-corrected chi connectivity index (χ1v) is 14.1. The van der Waals surface area contributed by atoms with E-state index in [-0.39, 0.29) is 18.5 Å². The smallest absolute Gasteiger partial charge is 0.244 e. The maximum absolute atomic E-state index is 13.7. The molecule has 0 spiro atoms. The molecule has 0 aliphatic carbocycles. The molecule has 0 bridgehead atoms. The highest BCUT2D eigenvalue weighted by atomic mass is 35.5. The third-order valence-corrected chi connectivity index (χ3v) is 7.39. The van der Waals surface area contributed by atoms with Crippen LogP contribution >= 0.6 is 23.2 Å². The Hall–Kier alpha value is -2.29. The van der Waals surface area contributed by atoms with Crippen molar-refractivity contribution in [2.24, 2.45) is 0 Å². The third-order valence-electron chi connectivity index (χ3n) is 5.77. The summed E-state index contributed by atoms with van der Waals surface area (Å²) in [5.41, 5.74) is 1.73. The van der Waals surface area contributed by atoms with Crippen molar-refractivity contribution >= 4 is 50.7 Å². The van der Waals surface area contributed by atoms with Crippen LogP contribution in [0.15, 0.2) is 42.5 Å². The molecule has 10 heteroatoms. The van der Waals surface area contributed by atoms with Crippen molar-refractivity contribution in [2.45, 2.75) is 59.2 Å². The van der Waals surface area contributed by atoms with Gasteiger partial charge in [-0.25, -0.2) is 8.42 Å². The van der Waals surface area contributed by atoms with E-state index in [1.807, 2.05) is 20.8 Å². The predicted molar refractivity (Wildman–Crippen MR) is 142 cm³/mol. The summed E-state index contributed by atoms with van der Waals surface area (Å²) < 4.78 is 26.5. The van der Waals surface area contributed by atoms with Crippen molar-refractivity contribution in [3.63, 3.8) is 0 Å². The summed E-state index contributed by atoms with van der Waals surface area (Å²) in [7, 11) is -3.83. The van der Waals surface area contributed by atoms with Crippen LogP contribution in [0.4, 0.5) is 5.69 Å². The molecule has 0 saturated heterocycles. The Morgan fingerprint density at radius 2 is 1.60 bits per heavy atom. The Labute approximate surface area is 218 Å². The number of rotatable bonds is 11. The average Bonchev–Trinajstić information content (AvgIpc) is 2.79. The number of nitrogens with zero attached hydrogens (tertiary/aromatic N) is 2. The van der Waals surface area contributed by atoms with Gasteiger partial charge in [0.25, 0.3) is 0 Å². The minimum atomic E-state index is -3.83. The average molecular weight is 543 g/mol. The molecule has 35 heavy (non-hydrogen) atoms. The molecule has 0 saturated carbocycles. The van der Waals surface area contributed by atoms with E-state index in [0.29, 0.717) is 27.7 Å². The molecule has 2 amide bonds. The fourth-order valence-electron chi connectivity index (χ4n) is 3.59. The maximum atomic E-state index is 13.7. The van der Waals surface area contributed by atoms with E-state index in [1.54, 1.807) is 43.3 Å². The van der Waals surface area contributed by atoms with E-state index in [9.17, 15) is 18.0 Å². The highest BCUT2D eigenvalue weighted by Gasteiger charge is 2.32. The standard InChI is InChI=1S/C25H33Cl2N3O4S/c1-6-18(4)28-25(32)22(7-2)29(15-19-9-12-20(26)13-10-19)24(31)16-30(35(5,33)34)23-14-21(27)11-8-17(23)3/h8-14,18,22H,6-7,15-16H2,1-5H3,(H,28,32)/t18-,22-/m1/s1. The van der Waals surface area contributed by atoms with Gasteiger partial charge >= 0.3 is 0 Å². The van der Waals surface area contributed by atoms with Gasteiger partial charge in [-0.3, -0.25) is 13.9 Å². The minimum absolute atomic E-state index is 0.0642. The van der Waals surface area contributed by atoms with Gasteiger partial charge in [-0.2, -0.15) is 0 Å². The second-order valence-corrected chi connectivity index (χ2v) is 11.4. The first kappa shape index (κ1) is 28.9. The van der Waals surface area contributed by atoms with Gasteiger partial charge in [0.15, 0.2) is 0 Å². The fraction of sp³-hybridized carbons (Fsp3) is 0.440. The van der Waals surface area contributed by atoms with Crippen molar-refractivity contribution in [3.8, 4) is 0 Å². The minimum Gasteiger partial charge on any atom is -0.352 e. The molecule has 7 nitrogen and oxygen atoms in total. The normalized spacial score (nSPS) is 13.1. The Balaban J connectivity index is 2.47. The van der Waals surface area contributed by atoms with Gasteiger partial charge in [-0.15, -0.1) is 0 Å². The number of amides is 2. The molecule has 192 valence electrons. The Morgan fingerprint density at radius 1 is 1.00 bits per heavy atom. The topological polar surface area (TPSA) is 86.8 Å².